The molecule has 0 fully saturated rings. The molecule has 1 aromatic rings. The average molecular weight is 162 g/mol. The lowest BCUT2D eigenvalue weighted by molar-refractivity contribution is 0.504. The van der Waals surface area contributed by atoms with E-state index in [1.807, 2.05) is 0 Å². The van der Waals surface area contributed by atoms with E-state index in [2.05, 4.69) is 13.2 Å². The minimum atomic E-state index is -0.0800. The molecule has 0 N–H and O–H groups in total. The van der Waals surface area contributed by atoms with E-state index in [4.69, 9.17) is 4.42 Å². The quantitative estimate of drug-likeness (QED) is 0.667. The van der Waals surface area contributed by atoms with Gasteiger partial charge in [0.25, 0.3) is 0 Å². The van der Waals surface area contributed by atoms with Gasteiger partial charge in [-0.1, -0.05) is 19.2 Å². The first-order valence-corrected chi connectivity index (χ1v) is 3.58. The molecule has 0 amide bonds. The van der Waals surface area contributed by atoms with E-state index in [0.29, 0.717) is 17.1 Å². The van der Waals surface area contributed by atoms with Crippen LogP contribution >= 0.6 is 0 Å². The van der Waals surface area contributed by atoms with E-state index in [9.17, 15) is 4.79 Å². The van der Waals surface area contributed by atoms with Crippen LogP contribution in [-0.2, 0) is 0 Å². The summed E-state index contributed by atoms with van der Waals surface area (Å²) in [5, 5.41) is 0. The maximum Gasteiger partial charge on any atom is 0.192 e. The fourth-order valence-corrected chi connectivity index (χ4v) is 0.994. The van der Waals surface area contributed by atoms with Gasteiger partial charge in [0, 0.05) is 6.07 Å². The Kier molecular flexibility index (Phi) is 2.29. The zero-order valence-corrected chi connectivity index (χ0v) is 6.96. The normalized spacial score (nSPS) is 9.42. The highest BCUT2D eigenvalue weighted by Gasteiger charge is 2.03. The fraction of sp³-hybridized carbons (Fsp3) is 0.100. The molecule has 2 nitrogen and oxygen atoms in total. The molecule has 0 atom stereocenters. The predicted octanol–water partition coefficient (Wildman–Crippen LogP) is 2.23. The summed E-state index contributed by atoms with van der Waals surface area (Å²) in [6.45, 7) is 8.79. The Morgan fingerprint density at radius 1 is 1.42 bits per heavy atom. The third-order valence-electron chi connectivity index (χ3n) is 1.53. The number of rotatable bonds is 2. The smallest absolute Gasteiger partial charge is 0.192 e. The zero-order chi connectivity index (χ0) is 9.14. The minimum absolute atomic E-state index is 0.0800. The van der Waals surface area contributed by atoms with E-state index < -0.39 is 0 Å². The van der Waals surface area contributed by atoms with Gasteiger partial charge in [-0.15, -0.1) is 0 Å². The average Bonchev–Trinajstić information content (AvgIpc) is 2.03. The maximum atomic E-state index is 11.3. The van der Waals surface area contributed by atoms with Crippen molar-refractivity contribution in [3.63, 3.8) is 0 Å². The van der Waals surface area contributed by atoms with E-state index >= 15 is 0 Å². The topological polar surface area (TPSA) is 30.2 Å². The molecule has 0 bridgehead atoms. The van der Waals surface area contributed by atoms with Gasteiger partial charge in [-0.05, 0) is 13.0 Å². The van der Waals surface area contributed by atoms with Gasteiger partial charge in [-0.2, -0.15) is 0 Å². The SMILES string of the molecule is C=Cc1oc(C)cc(=O)c1C=C. The van der Waals surface area contributed by atoms with Crippen molar-refractivity contribution in [2.45, 2.75) is 6.92 Å². The van der Waals surface area contributed by atoms with Gasteiger partial charge in [0.05, 0.1) is 5.56 Å². The highest BCUT2D eigenvalue weighted by Crippen LogP contribution is 2.09. The lowest BCUT2D eigenvalue weighted by Gasteiger charge is -1.99. The molecule has 12 heavy (non-hydrogen) atoms. The highest BCUT2D eigenvalue weighted by molar-refractivity contribution is 5.58. The lowest BCUT2D eigenvalue weighted by Crippen LogP contribution is -2.05. The van der Waals surface area contributed by atoms with Crippen LogP contribution in [0.3, 0.4) is 0 Å². The van der Waals surface area contributed by atoms with Gasteiger partial charge >= 0.3 is 0 Å². The molecule has 1 aromatic heterocycles. The predicted molar refractivity (Wildman–Crippen MR) is 49.9 cm³/mol. The molecule has 0 spiro atoms. The molecule has 62 valence electrons. The standard InChI is InChI=1S/C10H10O2/c1-4-8-9(11)6-7(3)12-10(8)5-2/h4-6H,1-2H2,3H3. The molecule has 0 saturated carbocycles. The van der Waals surface area contributed by atoms with Gasteiger partial charge in [0.15, 0.2) is 5.43 Å². The summed E-state index contributed by atoms with van der Waals surface area (Å²) in [6, 6.07) is 1.43. The Morgan fingerprint density at radius 2 is 2.08 bits per heavy atom. The second-order valence-corrected chi connectivity index (χ2v) is 2.41. The third-order valence-corrected chi connectivity index (χ3v) is 1.53. The van der Waals surface area contributed by atoms with Crippen LogP contribution in [0.2, 0.25) is 0 Å². The molecule has 0 unspecified atom stereocenters. The van der Waals surface area contributed by atoms with E-state index in [0.717, 1.165) is 0 Å². The van der Waals surface area contributed by atoms with E-state index in [-0.39, 0.29) is 5.43 Å². The minimum Gasteiger partial charge on any atom is -0.461 e. The first kappa shape index (κ1) is 8.53. The number of hydrogen-bond donors (Lipinski definition) is 0. The third kappa shape index (κ3) is 1.37. The van der Waals surface area contributed by atoms with Crippen LogP contribution in [0.4, 0.5) is 0 Å². The Balaban J connectivity index is 3.54. The van der Waals surface area contributed by atoms with Crippen molar-refractivity contribution < 1.29 is 4.42 Å². The molecular formula is C10H10O2. The molecule has 1 rings (SSSR count). The van der Waals surface area contributed by atoms with Gasteiger partial charge in [0.1, 0.15) is 11.5 Å². The number of aryl methyl sites for hydroxylation is 1. The fourth-order valence-electron chi connectivity index (χ4n) is 0.994. The van der Waals surface area contributed by atoms with Crippen LogP contribution in [0.1, 0.15) is 17.1 Å². The lowest BCUT2D eigenvalue weighted by atomic mass is 10.2. The maximum absolute atomic E-state index is 11.3. The van der Waals surface area contributed by atoms with Crippen LogP contribution < -0.4 is 5.43 Å². The Morgan fingerprint density at radius 3 is 2.58 bits per heavy atom. The largest absolute Gasteiger partial charge is 0.461 e. The van der Waals surface area contributed by atoms with Crippen LogP contribution in [0, 0.1) is 6.92 Å². The monoisotopic (exact) mass is 162 g/mol. The summed E-state index contributed by atoms with van der Waals surface area (Å²) in [7, 11) is 0. The van der Waals surface area contributed by atoms with Crippen molar-refractivity contribution in [3.8, 4) is 0 Å². The molecule has 0 saturated heterocycles. The van der Waals surface area contributed by atoms with Gasteiger partial charge in [-0.3, -0.25) is 4.79 Å². The molecule has 0 aliphatic heterocycles. The summed E-state index contributed by atoms with van der Waals surface area (Å²) in [4.78, 5) is 11.3. The van der Waals surface area contributed by atoms with Crippen LogP contribution in [0.5, 0.6) is 0 Å². The van der Waals surface area contributed by atoms with Crippen LogP contribution in [-0.4, -0.2) is 0 Å². The Bertz CT molecular complexity index is 372. The van der Waals surface area contributed by atoms with E-state index in [1.54, 1.807) is 6.92 Å². The van der Waals surface area contributed by atoms with Crippen molar-refractivity contribution in [2.75, 3.05) is 0 Å². The van der Waals surface area contributed by atoms with Crippen molar-refractivity contribution >= 4 is 12.2 Å². The van der Waals surface area contributed by atoms with Crippen LogP contribution in [0.25, 0.3) is 12.2 Å². The molecule has 0 aromatic carbocycles. The van der Waals surface area contributed by atoms with E-state index in [1.165, 1.54) is 18.2 Å². The molecule has 0 aliphatic carbocycles. The summed E-state index contributed by atoms with van der Waals surface area (Å²) in [6.07, 6.45) is 2.98. The molecule has 0 radical (unpaired) electrons. The first-order chi connectivity index (χ1) is 5.69. The highest BCUT2D eigenvalue weighted by atomic mass is 16.3. The number of hydrogen-bond acceptors (Lipinski definition) is 2. The molecule has 1 heterocycles. The second kappa shape index (κ2) is 3.22. The summed E-state index contributed by atoms with van der Waals surface area (Å²) in [5.41, 5.74) is 0.388. The zero-order valence-electron chi connectivity index (χ0n) is 6.96. The van der Waals surface area contributed by atoms with Crippen LogP contribution in [0.15, 0.2) is 28.4 Å². The summed E-state index contributed by atoms with van der Waals surface area (Å²) < 4.78 is 5.24. The molecular weight excluding hydrogens is 152 g/mol. The second-order valence-electron chi connectivity index (χ2n) is 2.41. The first-order valence-electron chi connectivity index (χ1n) is 3.58. The molecule has 0 aliphatic rings. The van der Waals surface area contributed by atoms with Gasteiger partial charge < -0.3 is 4.42 Å². The molecule has 2 heteroatoms. The van der Waals surface area contributed by atoms with Crippen molar-refractivity contribution in [2.24, 2.45) is 0 Å². The van der Waals surface area contributed by atoms with Crippen molar-refractivity contribution in [1.29, 1.82) is 0 Å². The van der Waals surface area contributed by atoms with Crippen molar-refractivity contribution in [3.05, 3.63) is 46.5 Å². The summed E-state index contributed by atoms with van der Waals surface area (Å²) in [5.74, 6) is 1.07. The van der Waals surface area contributed by atoms with Gasteiger partial charge in [-0.25, -0.2) is 0 Å². The summed E-state index contributed by atoms with van der Waals surface area (Å²) >= 11 is 0. The van der Waals surface area contributed by atoms with Gasteiger partial charge in [0.2, 0.25) is 0 Å². The van der Waals surface area contributed by atoms with Crippen molar-refractivity contribution in [1.82, 2.24) is 0 Å². The Hall–Kier alpha value is -1.57. The Labute approximate surface area is 70.8 Å².